The summed E-state index contributed by atoms with van der Waals surface area (Å²) in [6.07, 6.45) is 5.59. The zero-order valence-electron chi connectivity index (χ0n) is 29.4. The van der Waals surface area contributed by atoms with E-state index < -0.39 is 29.4 Å². The average molecular weight is 672 g/mol. The molecule has 10 nitrogen and oxygen atoms in total. The number of carboxylic acid groups (broad SMARTS) is 1. The fourth-order valence-corrected chi connectivity index (χ4v) is 7.46. The lowest BCUT2D eigenvalue weighted by Gasteiger charge is -2.39. The number of carboxylic acids is 1. The minimum Gasteiger partial charge on any atom is -0.477 e. The highest BCUT2D eigenvalue weighted by atomic mass is 32.1. The van der Waals surface area contributed by atoms with Gasteiger partial charge in [-0.1, -0.05) is 18.8 Å². The molecule has 3 aliphatic rings. The van der Waals surface area contributed by atoms with Crippen LogP contribution >= 0.6 is 11.3 Å². The molecule has 3 fully saturated rings. The topological polar surface area (TPSA) is 125 Å². The van der Waals surface area contributed by atoms with Gasteiger partial charge in [0.05, 0.1) is 17.1 Å². The maximum atomic E-state index is 14.2. The van der Waals surface area contributed by atoms with Crippen LogP contribution < -0.4 is 10.2 Å². The number of amides is 3. The Bertz CT molecular complexity index is 1380. The molecule has 0 bridgehead atoms. The van der Waals surface area contributed by atoms with Gasteiger partial charge in [-0.15, -0.1) is 11.3 Å². The second-order valence-corrected chi connectivity index (χ2v) is 17.0. The van der Waals surface area contributed by atoms with Gasteiger partial charge in [0.25, 0.3) is 0 Å². The molecule has 0 spiro atoms. The number of rotatable bonds is 6. The fraction of sp³-hybridized carbons (Fsp3) is 0.722. The summed E-state index contributed by atoms with van der Waals surface area (Å²) in [5, 5.41) is 13.2. The highest BCUT2D eigenvalue weighted by molar-refractivity contribution is 7.15. The molecule has 0 radical (unpaired) electrons. The summed E-state index contributed by atoms with van der Waals surface area (Å²) in [7, 11) is 0. The molecule has 1 saturated heterocycles. The average Bonchev–Trinajstić information content (AvgIpc) is 3.56. The minimum absolute atomic E-state index is 0.00736. The molecule has 260 valence electrons. The van der Waals surface area contributed by atoms with Crippen molar-refractivity contribution in [3.63, 3.8) is 0 Å². The molecule has 0 aromatic carbocycles. The normalized spacial score (nSPS) is 26.5. The van der Waals surface area contributed by atoms with E-state index in [1.807, 2.05) is 48.5 Å². The Balaban J connectivity index is 1.44. The summed E-state index contributed by atoms with van der Waals surface area (Å²) in [4.78, 5) is 56.3. The van der Waals surface area contributed by atoms with E-state index in [-0.39, 0.29) is 40.7 Å². The van der Waals surface area contributed by atoms with E-state index in [4.69, 9.17) is 9.47 Å². The smallest absolute Gasteiger partial charge is 0.410 e. The van der Waals surface area contributed by atoms with Gasteiger partial charge in [0.1, 0.15) is 16.1 Å². The van der Waals surface area contributed by atoms with Gasteiger partial charge >= 0.3 is 18.2 Å². The van der Waals surface area contributed by atoms with E-state index in [0.29, 0.717) is 55.1 Å². The van der Waals surface area contributed by atoms with Crippen molar-refractivity contribution in [2.45, 2.75) is 136 Å². The lowest BCUT2D eigenvalue weighted by molar-refractivity contribution is -0.124. The third-order valence-electron chi connectivity index (χ3n) is 9.14. The first kappa shape index (κ1) is 36.6. The Labute approximate surface area is 283 Å². The van der Waals surface area contributed by atoms with Gasteiger partial charge < -0.3 is 29.7 Å². The zero-order chi connectivity index (χ0) is 34.7. The molecule has 1 aromatic heterocycles. The van der Waals surface area contributed by atoms with Crippen LogP contribution in [0.15, 0.2) is 6.07 Å². The second kappa shape index (κ2) is 14.5. The van der Waals surface area contributed by atoms with E-state index in [0.717, 1.165) is 37.0 Å². The quantitative estimate of drug-likeness (QED) is 0.301. The van der Waals surface area contributed by atoms with Crippen molar-refractivity contribution in [2.24, 2.45) is 17.3 Å². The Morgan fingerprint density at radius 2 is 1.66 bits per heavy atom. The van der Waals surface area contributed by atoms with Gasteiger partial charge in [0.2, 0.25) is 5.91 Å². The molecular weight excluding hydrogens is 618 g/mol. The predicted octanol–water partition coefficient (Wildman–Crippen LogP) is 7.44. The first-order valence-electron chi connectivity index (χ1n) is 17.0. The third-order valence-corrected chi connectivity index (χ3v) is 10.2. The van der Waals surface area contributed by atoms with E-state index in [2.05, 4.69) is 24.1 Å². The maximum Gasteiger partial charge on any atom is 0.410 e. The predicted molar refractivity (Wildman–Crippen MR) is 183 cm³/mol. The number of nitrogens with one attached hydrogen (secondary N) is 1. The van der Waals surface area contributed by atoms with Crippen LogP contribution in [0, 0.1) is 29.1 Å². The lowest BCUT2D eigenvalue weighted by Crippen LogP contribution is -2.49. The van der Waals surface area contributed by atoms with E-state index >= 15 is 0 Å². The van der Waals surface area contributed by atoms with Crippen LogP contribution in [0.3, 0.4) is 0 Å². The van der Waals surface area contributed by atoms with Crippen LogP contribution in [0.5, 0.6) is 0 Å². The molecule has 2 aliphatic carbocycles. The number of thiophene rings is 1. The molecule has 1 unspecified atom stereocenters. The van der Waals surface area contributed by atoms with Crippen molar-refractivity contribution in [2.75, 3.05) is 18.0 Å². The number of carbonyl (C=O) groups is 4. The van der Waals surface area contributed by atoms with Crippen LogP contribution in [0.4, 0.5) is 15.3 Å². The molecule has 4 rings (SSSR count). The Morgan fingerprint density at radius 1 is 1.02 bits per heavy atom. The van der Waals surface area contributed by atoms with Crippen molar-refractivity contribution < 1.29 is 33.8 Å². The van der Waals surface area contributed by atoms with Gasteiger partial charge in [-0.25, -0.2) is 14.4 Å². The molecule has 47 heavy (non-hydrogen) atoms. The summed E-state index contributed by atoms with van der Waals surface area (Å²) in [6.45, 7) is 16.2. The van der Waals surface area contributed by atoms with Crippen LogP contribution in [-0.2, 0) is 14.3 Å². The van der Waals surface area contributed by atoms with E-state index in [1.54, 1.807) is 15.9 Å². The molecule has 1 atom stereocenters. The zero-order valence-corrected chi connectivity index (χ0v) is 30.2. The Hall–Kier alpha value is -3.26. The molecule has 11 heteroatoms. The highest BCUT2D eigenvalue weighted by Gasteiger charge is 2.42. The summed E-state index contributed by atoms with van der Waals surface area (Å²) < 4.78 is 11.3. The molecule has 3 amide bonds. The largest absolute Gasteiger partial charge is 0.477 e. The molecule has 1 aromatic rings. The summed E-state index contributed by atoms with van der Waals surface area (Å²) >= 11 is 1.12. The van der Waals surface area contributed by atoms with Gasteiger partial charge in [-0.3, -0.25) is 4.79 Å². The molecule has 1 aliphatic heterocycles. The number of anilines is 1. The summed E-state index contributed by atoms with van der Waals surface area (Å²) in [5.41, 5.74) is -1.24. The van der Waals surface area contributed by atoms with Crippen molar-refractivity contribution in [1.82, 2.24) is 10.2 Å². The molecular formula is C36H53N3O7S. The number of nitrogens with zero attached hydrogens (tertiary/aromatic N) is 2. The summed E-state index contributed by atoms with van der Waals surface area (Å²) in [6, 6.07) is 1.44. The standard InChI is InChI=1S/C36H53N3O7S/c1-23-9-11-24(12-10-23)30(40)39(28-21-27(17-18-34(2,3)4)47-29(28)31(41)42)26-15-13-25(14-16-26)37-32(43)45-36(8)19-20-38(22-36)33(44)46-35(5,6)7/h21,23-26H,9-16,19-20,22H2,1-8H3,(H,37,43)(H,41,42). The van der Waals surface area contributed by atoms with Gasteiger partial charge in [0.15, 0.2) is 0 Å². The SMILES string of the molecule is CC1CCC(C(=O)N(c2cc(C#CC(C)(C)C)sc2C(=O)O)C2CCC(NC(=O)OC3(C)CCN(C(=O)OC(C)(C)C)C3)CC2)CC1. The lowest BCUT2D eigenvalue weighted by atomic mass is 9.81. The first-order chi connectivity index (χ1) is 21.8. The van der Waals surface area contributed by atoms with Gasteiger partial charge in [-0.2, -0.15) is 0 Å². The number of hydrogen-bond donors (Lipinski definition) is 2. The van der Waals surface area contributed by atoms with Gasteiger partial charge in [0, 0.05) is 36.4 Å². The van der Waals surface area contributed by atoms with Gasteiger partial charge in [-0.05, 0) is 112 Å². The maximum absolute atomic E-state index is 14.2. The van der Waals surface area contributed by atoms with Crippen LogP contribution in [-0.4, -0.2) is 70.4 Å². The van der Waals surface area contributed by atoms with Crippen LogP contribution in [0.25, 0.3) is 0 Å². The van der Waals surface area contributed by atoms with Crippen molar-refractivity contribution in [3.8, 4) is 11.8 Å². The Morgan fingerprint density at radius 3 is 2.23 bits per heavy atom. The van der Waals surface area contributed by atoms with Crippen molar-refractivity contribution in [1.29, 1.82) is 0 Å². The molecule has 2 N–H and O–H groups in total. The van der Waals surface area contributed by atoms with Crippen molar-refractivity contribution in [3.05, 3.63) is 15.8 Å². The monoisotopic (exact) mass is 671 g/mol. The molecule has 2 saturated carbocycles. The number of carbonyl (C=O) groups excluding carboxylic acids is 3. The van der Waals surface area contributed by atoms with Crippen LogP contribution in [0.2, 0.25) is 0 Å². The number of ether oxygens (including phenoxy) is 2. The number of aromatic carboxylic acids is 1. The number of likely N-dealkylation sites (tertiary alicyclic amines) is 1. The first-order valence-corrected chi connectivity index (χ1v) is 17.8. The van der Waals surface area contributed by atoms with Crippen LogP contribution in [0.1, 0.15) is 128 Å². The third kappa shape index (κ3) is 10.1. The van der Waals surface area contributed by atoms with Crippen molar-refractivity contribution >= 4 is 41.1 Å². The number of alkyl carbamates (subject to hydrolysis) is 1. The highest BCUT2D eigenvalue weighted by Crippen LogP contribution is 2.39. The second-order valence-electron chi connectivity index (χ2n) is 15.9. The minimum atomic E-state index is -1.06. The fourth-order valence-electron chi connectivity index (χ4n) is 6.62. The summed E-state index contributed by atoms with van der Waals surface area (Å²) in [5.74, 6) is 5.69. The molecule has 2 heterocycles. The Kier molecular flexibility index (Phi) is 11.3. The van der Waals surface area contributed by atoms with E-state index in [1.165, 1.54) is 0 Å². The number of hydrogen-bond acceptors (Lipinski definition) is 7. The van der Waals surface area contributed by atoms with E-state index in [9.17, 15) is 24.3 Å².